The van der Waals surface area contributed by atoms with Crippen LogP contribution in [-0.4, -0.2) is 23.9 Å². The van der Waals surface area contributed by atoms with Gasteiger partial charge >= 0.3 is 6.18 Å². The minimum atomic E-state index is -4.54. The second-order valence-corrected chi connectivity index (χ2v) is 5.40. The second-order valence-electron chi connectivity index (χ2n) is 4.48. The summed E-state index contributed by atoms with van der Waals surface area (Å²) < 4.78 is 39.4. The van der Waals surface area contributed by atoms with Gasteiger partial charge in [0.15, 0.2) is 0 Å². The van der Waals surface area contributed by atoms with Crippen molar-refractivity contribution in [2.45, 2.75) is 32.9 Å². The third-order valence-corrected chi connectivity index (χ3v) is 3.28. The van der Waals surface area contributed by atoms with E-state index in [4.69, 9.17) is 0 Å². The molecule has 0 fully saturated rings. The molecule has 20 heavy (non-hydrogen) atoms. The molecule has 2 nitrogen and oxygen atoms in total. The van der Waals surface area contributed by atoms with Crippen molar-refractivity contribution >= 4 is 21.8 Å². The van der Waals surface area contributed by atoms with Gasteiger partial charge in [0.2, 0.25) is 0 Å². The molecule has 0 unspecified atom stereocenters. The van der Waals surface area contributed by atoms with E-state index in [0.717, 1.165) is 6.07 Å². The minimum absolute atomic E-state index is 0.289. The van der Waals surface area contributed by atoms with Crippen molar-refractivity contribution in [2.24, 2.45) is 0 Å². The number of halogens is 4. The van der Waals surface area contributed by atoms with Crippen molar-refractivity contribution in [3.05, 3.63) is 33.8 Å². The van der Waals surface area contributed by atoms with E-state index in [1.807, 2.05) is 13.8 Å². The lowest BCUT2D eigenvalue weighted by atomic mass is 10.1. The Morgan fingerprint density at radius 1 is 1.20 bits per heavy atom. The highest BCUT2D eigenvalue weighted by atomic mass is 79.9. The van der Waals surface area contributed by atoms with Crippen LogP contribution in [0.15, 0.2) is 22.7 Å². The van der Waals surface area contributed by atoms with Gasteiger partial charge in [-0.25, -0.2) is 0 Å². The fourth-order valence-electron chi connectivity index (χ4n) is 1.96. The van der Waals surface area contributed by atoms with Crippen molar-refractivity contribution in [3.8, 4) is 0 Å². The maximum atomic E-state index is 13.0. The van der Waals surface area contributed by atoms with E-state index in [0.29, 0.717) is 30.4 Å². The van der Waals surface area contributed by atoms with E-state index < -0.39 is 17.6 Å². The van der Waals surface area contributed by atoms with Gasteiger partial charge in [-0.2, -0.15) is 13.2 Å². The molecule has 0 heterocycles. The highest BCUT2D eigenvalue weighted by Crippen LogP contribution is 2.34. The van der Waals surface area contributed by atoms with Crippen molar-refractivity contribution < 1.29 is 18.0 Å². The van der Waals surface area contributed by atoms with Gasteiger partial charge in [-0.3, -0.25) is 4.79 Å². The number of hydrogen-bond acceptors (Lipinski definition) is 1. The molecule has 0 aromatic heterocycles. The van der Waals surface area contributed by atoms with Crippen LogP contribution in [0.5, 0.6) is 0 Å². The number of carbonyl (C=O) groups excluding carboxylic acids is 1. The Hall–Kier alpha value is -1.04. The fourth-order valence-corrected chi connectivity index (χ4v) is 2.32. The average molecular weight is 352 g/mol. The maximum absolute atomic E-state index is 13.0. The molecule has 1 amide bonds. The zero-order valence-corrected chi connectivity index (χ0v) is 13.0. The summed E-state index contributed by atoms with van der Waals surface area (Å²) in [6.07, 6.45) is -3.12. The van der Waals surface area contributed by atoms with Crippen LogP contribution in [-0.2, 0) is 6.18 Å². The lowest BCUT2D eigenvalue weighted by Crippen LogP contribution is -2.33. The maximum Gasteiger partial charge on any atom is 0.417 e. The molecule has 112 valence electrons. The summed E-state index contributed by atoms with van der Waals surface area (Å²) in [5.41, 5.74) is -1.18. The summed E-state index contributed by atoms with van der Waals surface area (Å²) in [5, 5.41) is 0. The zero-order chi connectivity index (χ0) is 15.3. The zero-order valence-electron chi connectivity index (χ0n) is 11.4. The summed E-state index contributed by atoms with van der Waals surface area (Å²) in [6.45, 7) is 4.70. The van der Waals surface area contributed by atoms with Crippen LogP contribution in [0, 0.1) is 0 Å². The number of carbonyl (C=O) groups is 1. The molecule has 0 atom stereocenters. The molecule has 0 spiro atoms. The van der Waals surface area contributed by atoms with E-state index in [9.17, 15) is 18.0 Å². The SMILES string of the molecule is CCCN(CCC)C(=O)c1ccc(Br)cc1C(F)(F)F. The molecule has 0 saturated carbocycles. The molecular weight excluding hydrogens is 335 g/mol. The number of nitrogens with zero attached hydrogens (tertiary/aromatic N) is 1. The largest absolute Gasteiger partial charge is 0.417 e. The van der Waals surface area contributed by atoms with Crippen LogP contribution in [0.25, 0.3) is 0 Å². The normalized spacial score (nSPS) is 11.5. The first kappa shape index (κ1) is 17.0. The van der Waals surface area contributed by atoms with E-state index >= 15 is 0 Å². The third-order valence-electron chi connectivity index (χ3n) is 2.79. The smallest absolute Gasteiger partial charge is 0.339 e. The monoisotopic (exact) mass is 351 g/mol. The van der Waals surface area contributed by atoms with Crippen molar-refractivity contribution in [1.82, 2.24) is 4.90 Å². The molecule has 0 aliphatic carbocycles. The topological polar surface area (TPSA) is 20.3 Å². The summed E-state index contributed by atoms with van der Waals surface area (Å²) >= 11 is 3.01. The van der Waals surface area contributed by atoms with Crippen molar-refractivity contribution in [2.75, 3.05) is 13.1 Å². The summed E-state index contributed by atoms with van der Waals surface area (Å²) in [5.74, 6) is -0.562. The van der Waals surface area contributed by atoms with Crippen LogP contribution >= 0.6 is 15.9 Å². The molecular formula is C14H17BrF3NO. The van der Waals surface area contributed by atoms with Gasteiger partial charge < -0.3 is 4.90 Å². The van der Waals surface area contributed by atoms with Crippen molar-refractivity contribution in [1.29, 1.82) is 0 Å². The van der Waals surface area contributed by atoms with Crippen LogP contribution in [0.4, 0.5) is 13.2 Å². The Morgan fingerprint density at radius 3 is 2.20 bits per heavy atom. The second kappa shape index (κ2) is 7.11. The summed E-state index contributed by atoms with van der Waals surface area (Å²) in [4.78, 5) is 13.8. The summed E-state index contributed by atoms with van der Waals surface area (Å²) in [7, 11) is 0. The Morgan fingerprint density at radius 2 is 1.75 bits per heavy atom. The van der Waals surface area contributed by atoms with E-state index in [1.165, 1.54) is 17.0 Å². The molecule has 0 radical (unpaired) electrons. The molecule has 1 rings (SSSR count). The number of rotatable bonds is 5. The van der Waals surface area contributed by atoms with Gasteiger partial charge in [-0.15, -0.1) is 0 Å². The molecule has 0 saturated heterocycles. The van der Waals surface area contributed by atoms with E-state index in [2.05, 4.69) is 15.9 Å². The van der Waals surface area contributed by atoms with Crippen LogP contribution in [0.2, 0.25) is 0 Å². The summed E-state index contributed by atoms with van der Waals surface area (Å²) in [6, 6.07) is 3.63. The molecule has 0 bridgehead atoms. The lowest BCUT2D eigenvalue weighted by Gasteiger charge is -2.23. The number of hydrogen-bond donors (Lipinski definition) is 0. The van der Waals surface area contributed by atoms with Crippen molar-refractivity contribution in [3.63, 3.8) is 0 Å². The lowest BCUT2D eigenvalue weighted by molar-refractivity contribution is -0.138. The molecule has 0 aliphatic heterocycles. The first-order valence-corrected chi connectivity index (χ1v) is 7.26. The number of alkyl halides is 3. The van der Waals surface area contributed by atoms with Gasteiger partial charge in [0, 0.05) is 17.6 Å². The first-order valence-electron chi connectivity index (χ1n) is 6.47. The molecule has 1 aromatic rings. The predicted octanol–water partition coefficient (Wildman–Crippen LogP) is 4.73. The van der Waals surface area contributed by atoms with E-state index in [-0.39, 0.29) is 5.56 Å². The molecule has 0 aliphatic rings. The van der Waals surface area contributed by atoms with Gasteiger partial charge in [0.25, 0.3) is 5.91 Å². The Bertz CT molecular complexity index is 468. The Balaban J connectivity index is 3.20. The minimum Gasteiger partial charge on any atom is -0.339 e. The average Bonchev–Trinajstić information content (AvgIpc) is 2.36. The predicted molar refractivity (Wildman–Crippen MR) is 75.6 cm³/mol. The fraction of sp³-hybridized carbons (Fsp3) is 0.500. The van der Waals surface area contributed by atoms with Crippen LogP contribution < -0.4 is 0 Å². The highest BCUT2D eigenvalue weighted by Gasteiger charge is 2.36. The number of benzene rings is 1. The van der Waals surface area contributed by atoms with Crippen LogP contribution in [0.3, 0.4) is 0 Å². The number of amides is 1. The van der Waals surface area contributed by atoms with Crippen LogP contribution in [0.1, 0.15) is 42.6 Å². The Labute approximate surface area is 125 Å². The van der Waals surface area contributed by atoms with Gasteiger partial charge in [0.1, 0.15) is 0 Å². The first-order chi connectivity index (χ1) is 9.31. The van der Waals surface area contributed by atoms with Gasteiger partial charge in [-0.05, 0) is 31.0 Å². The molecule has 1 aromatic carbocycles. The third kappa shape index (κ3) is 4.23. The van der Waals surface area contributed by atoms with Gasteiger partial charge in [-0.1, -0.05) is 29.8 Å². The standard InChI is InChI=1S/C14H17BrF3NO/c1-3-7-19(8-4-2)13(20)11-6-5-10(15)9-12(11)14(16,17)18/h5-6,9H,3-4,7-8H2,1-2H3. The molecule has 0 N–H and O–H groups in total. The Kier molecular flexibility index (Phi) is 6.05. The molecule has 6 heteroatoms. The van der Waals surface area contributed by atoms with Gasteiger partial charge in [0.05, 0.1) is 11.1 Å². The van der Waals surface area contributed by atoms with E-state index in [1.54, 1.807) is 0 Å². The quantitative estimate of drug-likeness (QED) is 0.750. The highest BCUT2D eigenvalue weighted by molar-refractivity contribution is 9.10.